The lowest BCUT2D eigenvalue weighted by Gasteiger charge is -2.12. The molecule has 0 saturated heterocycles. The third-order valence-electron chi connectivity index (χ3n) is 4.71. The number of hydrogen-bond acceptors (Lipinski definition) is 2. The van der Waals surface area contributed by atoms with Gasteiger partial charge in [0.1, 0.15) is 5.58 Å². The molecule has 31 heavy (non-hydrogen) atoms. The van der Waals surface area contributed by atoms with Crippen LogP contribution in [0, 0.1) is 6.92 Å². The van der Waals surface area contributed by atoms with Crippen molar-refractivity contribution in [3.63, 3.8) is 0 Å². The first-order chi connectivity index (χ1) is 14.8. The molecule has 3 aromatic rings. The van der Waals surface area contributed by atoms with Crippen molar-refractivity contribution in [3.8, 4) is 0 Å². The van der Waals surface area contributed by atoms with E-state index >= 15 is 0 Å². The zero-order valence-electron chi connectivity index (χ0n) is 18.2. The fraction of sp³-hybridized carbons (Fsp3) is 0.107. The van der Waals surface area contributed by atoms with Crippen LogP contribution in [0.3, 0.4) is 0 Å². The summed E-state index contributed by atoms with van der Waals surface area (Å²) >= 11 is 3.28. The van der Waals surface area contributed by atoms with Gasteiger partial charge in [-0.3, -0.25) is 0 Å². The van der Waals surface area contributed by atoms with Gasteiger partial charge in [0.2, 0.25) is 0 Å². The van der Waals surface area contributed by atoms with Crippen LogP contribution >= 0.6 is 15.9 Å². The standard InChI is InChI=1S/C21H18O2.C7H9Br/c1-5-8-13(2)15(4)17-12-18-16-9-6-7-10-20(16)23-21(22)19(18)11-14(17)3;1-3-4-5-6-7(2)8/h5-12H,1,4H2,2-3H3;3-6H,1H2,2H3/b13-8-;5-4-,7-6-. The molecule has 158 valence electrons. The summed E-state index contributed by atoms with van der Waals surface area (Å²) in [5.74, 6) is 0. The highest BCUT2D eigenvalue weighted by molar-refractivity contribution is 9.11. The molecule has 2 aromatic carbocycles. The Morgan fingerprint density at radius 1 is 0.968 bits per heavy atom. The SMILES string of the molecule is C=C/C=C(/C)C(=C)c1cc2c(cc1C)c(=O)oc1ccccc12.C=C/C=C\C=C(\C)Br. The molecule has 0 aliphatic rings. The number of para-hydroxylation sites is 1. The maximum Gasteiger partial charge on any atom is 0.344 e. The summed E-state index contributed by atoms with van der Waals surface area (Å²) in [5.41, 5.74) is 4.31. The van der Waals surface area contributed by atoms with Crippen molar-refractivity contribution in [2.45, 2.75) is 20.8 Å². The molecule has 3 rings (SSSR count). The molecule has 0 fully saturated rings. The predicted octanol–water partition coefficient (Wildman–Crippen LogP) is 8.43. The third-order valence-corrected chi connectivity index (χ3v) is 4.97. The fourth-order valence-electron chi connectivity index (χ4n) is 3.11. The average Bonchev–Trinajstić information content (AvgIpc) is 2.74. The highest BCUT2D eigenvalue weighted by Gasteiger charge is 2.12. The molecule has 0 amide bonds. The first kappa shape index (κ1) is 24.1. The average molecular weight is 475 g/mol. The quantitative estimate of drug-likeness (QED) is 0.211. The van der Waals surface area contributed by atoms with Crippen LogP contribution in [0.25, 0.3) is 27.3 Å². The van der Waals surface area contributed by atoms with Crippen LogP contribution < -0.4 is 5.63 Å². The zero-order chi connectivity index (χ0) is 23.0. The number of fused-ring (bicyclic) bond motifs is 3. The Morgan fingerprint density at radius 3 is 2.32 bits per heavy atom. The van der Waals surface area contributed by atoms with Gasteiger partial charge in [0.25, 0.3) is 0 Å². The minimum Gasteiger partial charge on any atom is -0.422 e. The van der Waals surface area contributed by atoms with Crippen molar-refractivity contribution in [2.24, 2.45) is 0 Å². The minimum atomic E-state index is -0.308. The summed E-state index contributed by atoms with van der Waals surface area (Å²) in [6.07, 6.45) is 11.2. The predicted molar refractivity (Wildman–Crippen MR) is 140 cm³/mol. The molecule has 0 unspecified atom stereocenters. The first-order valence-electron chi connectivity index (χ1n) is 9.86. The highest BCUT2D eigenvalue weighted by atomic mass is 79.9. The van der Waals surface area contributed by atoms with Gasteiger partial charge in [-0.15, -0.1) is 0 Å². The van der Waals surface area contributed by atoms with Gasteiger partial charge in [0, 0.05) is 10.8 Å². The molecular formula is C28H27BrO2. The van der Waals surface area contributed by atoms with E-state index in [1.165, 1.54) is 0 Å². The van der Waals surface area contributed by atoms with Gasteiger partial charge < -0.3 is 4.42 Å². The second kappa shape index (κ2) is 11.3. The molecule has 0 bridgehead atoms. The van der Waals surface area contributed by atoms with Crippen molar-refractivity contribution in [3.05, 3.63) is 124 Å². The van der Waals surface area contributed by atoms with Crippen molar-refractivity contribution < 1.29 is 4.42 Å². The van der Waals surface area contributed by atoms with Gasteiger partial charge in [-0.1, -0.05) is 90.3 Å². The molecule has 1 aromatic heterocycles. The van der Waals surface area contributed by atoms with Crippen molar-refractivity contribution >= 4 is 43.2 Å². The third kappa shape index (κ3) is 6.16. The normalized spacial score (nSPS) is 12.0. The highest BCUT2D eigenvalue weighted by Crippen LogP contribution is 2.30. The molecule has 0 aliphatic carbocycles. The van der Waals surface area contributed by atoms with E-state index in [-0.39, 0.29) is 5.63 Å². The van der Waals surface area contributed by atoms with E-state index in [1.54, 1.807) is 12.2 Å². The second-order valence-electron chi connectivity index (χ2n) is 7.04. The molecule has 0 spiro atoms. The monoisotopic (exact) mass is 474 g/mol. The van der Waals surface area contributed by atoms with Crippen LogP contribution in [-0.4, -0.2) is 0 Å². The van der Waals surface area contributed by atoms with Crippen LogP contribution in [0.4, 0.5) is 0 Å². The largest absolute Gasteiger partial charge is 0.422 e. The zero-order valence-corrected chi connectivity index (χ0v) is 19.8. The summed E-state index contributed by atoms with van der Waals surface area (Å²) < 4.78 is 6.53. The smallest absolute Gasteiger partial charge is 0.344 e. The lowest BCUT2D eigenvalue weighted by atomic mass is 9.93. The van der Waals surface area contributed by atoms with Gasteiger partial charge >= 0.3 is 5.63 Å². The van der Waals surface area contributed by atoms with Crippen molar-refractivity contribution in [2.75, 3.05) is 0 Å². The number of benzene rings is 2. The molecular weight excluding hydrogens is 448 g/mol. The summed E-state index contributed by atoms with van der Waals surface area (Å²) in [5, 5.41) is 2.43. The van der Waals surface area contributed by atoms with Crippen LogP contribution in [0.1, 0.15) is 25.0 Å². The van der Waals surface area contributed by atoms with Crippen LogP contribution in [0.15, 0.2) is 112 Å². The van der Waals surface area contributed by atoms with Crippen LogP contribution in [-0.2, 0) is 0 Å². The van der Waals surface area contributed by atoms with Gasteiger partial charge in [-0.2, -0.15) is 0 Å². The summed E-state index contributed by atoms with van der Waals surface area (Å²) in [7, 11) is 0. The van der Waals surface area contributed by atoms with Crippen molar-refractivity contribution in [1.29, 1.82) is 0 Å². The molecule has 1 heterocycles. The Kier molecular flexibility index (Phi) is 8.77. The van der Waals surface area contributed by atoms with E-state index in [0.29, 0.717) is 11.0 Å². The number of aryl methyl sites for hydroxylation is 1. The van der Waals surface area contributed by atoms with Gasteiger partial charge in [0.15, 0.2) is 0 Å². The van der Waals surface area contributed by atoms with E-state index in [2.05, 4.69) is 35.7 Å². The number of allylic oxidation sites excluding steroid dienone is 9. The second-order valence-corrected chi connectivity index (χ2v) is 8.29. The Labute approximate surface area is 192 Å². The van der Waals surface area contributed by atoms with E-state index in [4.69, 9.17) is 4.42 Å². The van der Waals surface area contributed by atoms with Crippen LogP contribution in [0.2, 0.25) is 0 Å². The first-order valence-corrected chi connectivity index (χ1v) is 10.7. The Morgan fingerprint density at radius 2 is 1.68 bits per heavy atom. The maximum atomic E-state index is 12.2. The maximum absolute atomic E-state index is 12.2. The lowest BCUT2D eigenvalue weighted by Crippen LogP contribution is -2.02. The van der Waals surface area contributed by atoms with E-state index in [1.807, 2.05) is 81.5 Å². The Balaban J connectivity index is 0.000000366. The van der Waals surface area contributed by atoms with E-state index in [9.17, 15) is 4.79 Å². The van der Waals surface area contributed by atoms with Gasteiger partial charge in [-0.05, 0) is 65.7 Å². The molecule has 0 N–H and O–H groups in total. The minimum absolute atomic E-state index is 0.308. The molecule has 0 aliphatic heterocycles. The number of halogens is 1. The topological polar surface area (TPSA) is 30.2 Å². The lowest BCUT2D eigenvalue weighted by molar-refractivity contribution is 0.569. The number of hydrogen-bond donors (Lipinski definition) is 0. The Hall–Kier alpha value is -3.17. The van der Waals surface area contributed by atoms with Crippen molar-refractivity contribution in [1.82, 2.24) is 0 Å². The van der Waals surface area contributed by atoms with E-state index < -0.39 is 0 Å². The summed E-state index contributed by atoms with van der Waals surface area (Å²) in [6, 6.07) is 11.5. The molecule has 0 radical (unpaired) electrons. The summed E-state index contributed by atoms with van der Waals surface area (Å²) in [4.78, 5) is 12.2. The molecule has 0 atom stereocenters. The number of rotatable bonds is 5. The summed E-state index contributed by atoms with van der Waals surface area (Å²) in [6.45, 7) is 17.4. The van der Waals surface area contributed by atoms with Crippen LogP contribution in [0.5, 0.6) is 0 Å². The van der Waals surface area contributed by atoms with E-state index in [0.717, 1.165) is 37.5 Å². The molecule has 0 saturated carbocycles. The van der Waals surface area contributed by atoms with Gasteiger partial charge in [0.05, 0.1) is 5.39 Å². The molecule has 3 heteroatoms. The molecule has 2 nitrogen and oxygen atoms in total. The Bertz CT molecular complexity index is 1280. The van der Waals surface area contributed by atoms with Gasteiger partial charge in [-0.25, -0.2) is 4.79 Å². The fourth-order valence-corrected chi connectivity index (χ4v) is 3.27.